The van der Waals surface area contributed by atoms with Crippen molar-refractivity contribution in [2.45, 2.75) is 45.3 Å². The van der Waals surface area contributed by atoms with E-state index in [2.05, 4.69) is 5.92 Å². The molecular formula is C16H26N2O5. The van der Waals surface area contributed by atoms with Gasteiger partial charge in [-0.1, -0.05) is 5.92 Å². The van der Waals surface area contributed by atoms with E-state index in [1.54, 1.807) is 4.90 Å². The lowest BCUT2D eigenvalue weighted by atomic mass is 10.2. The summed E-state index contributed by atoms with van der Waals surface area (Å²) in [5.41, 5.74) is -0.446. The predicted molar refractivity (Wildman–Crippen MR) is 85.2 cm³/mol. The monoisotopic (exact) mass is 326 g/mol. The van der Waals surface area contributed by atoms with Crippen LogP contribution in [-0.4, -0.2) is 71.6 Å². The van der Waals surface area contributed by atoms with Crippen LogP contribution in [0.5, 0.6) is 0 Å². The molecule has 2 amide bonds. The minimum atomic E-state index is -0.849. The van der Waals surface area contributed by atoms with Crippen molar-refractivity contribution in [1.29, 1.82) is 0 Å². The van der Waals surface area contributed by atoms with E-state index in [4.69, 9.17) is 21.0 Å². The van der Waals surface area contributed by atoms with Gasteiger partial charge in [0.1, 0.15) is 5.60 Å². The van der Waals surface area contributed by atoms with Gasteiger partial charge in [0.25, 0.3) is 0 Å². The van der Waals surface area contributed by atoms with E-state index in [9.17, 15) is 9.59 Å². The summed E-state index contributed by atoms with van der Waals surface area (Å²) in [6.07, 6.45) is 6.03. The van der Waals surface area contributed by atoms with Gasteiger partial charge in [-0.05, 0) is 33.6 Å². The number of ether oxygens (including phenoxy) is 2. The highest BCUT2D eigenvalue weighted by Crippen LogP contribution is 2.19. The molecule has 130 valence electrons. The van der Waals surface area contributed by atoms with Gasteiger partial charge in [0.15, 0.2) is 0 Å². The SMILES string of the molecule is C#CC1CCCN1C(=O)OC(C)(C)C.O=C(O)N1CCOCC1. The van der Waals surface area contributed by atoms with Crippen LogP contribution in [0, 0.1) is 12.3 Å². The summed E-state index contributed by atoms with van der Waals surface area (Å²) < 4.78 is 10.2. The second kappa shape index (κ2) is 8.63. The maximum atomic E-state index is 11.6. The molecule has 2 heterocycles. The summed E-state index contributed by atoms with van der Waals surface area (Å²) in [5, 5.41) is 8.41. The maximum absolute atomic E-state index is 11.6. The molecule has 23 heavy (non-hydrogen) atoms. The Morgan fingerprint density at radius 1 is 1.26 bits per heavy atom. The van der Waals surface area contributed by atoms with Crippen molar-refractivity contribution in [1.82, 2.24) is 9.80 Å². The van der Waals surface area contributed by atoms with Crippen molar-refractivity contribution in [3.05, 3.63) is 0 Å². The normalized spacial score (nSPS) is 21.0. The van der Waals surface area contributed by atoms with E-state index in [1.165, 1.54) is 4.90 Å². The van der Waals surface area contributed by atoms with E-state index in [0.29, 0.717) is 32.8 Å². The molecule has 0 saturated carbocycles. The molecule has 2 fully saturated rings. The fourth-order valence-corrected chi connectivity index (χ4v) is 2.23. The molecular weight excluding hydrogens is 300 g/mol. The van der Waals surface area contributed by atoms with Gasteiger partial charge in [-0.2, -0.15) is 0 Å². The third-order valence-corrected chi connectivity index (χ3v) is 3.35. The molecule has 0 spiro atoms. The number of amides is 2. The van der Waals surface area contributed by atoms with E-state index >= 15 is 0 Å². The number of morpholine rings is 1. The number of carbonyl (C=O) groups is 2. The number of carboxylic acid groups (broad SMARTS) is 1. The number of likely N-dealkylation sites (tertiary alicyclic amines) is 1. The summed E-state index contributed by atoms with van der Waals surface area (Å²) in [5.74, 6) is 2.61. The Kier molecular flexibility index (Phi) is 7.17. The number of carbonyl (C=O) groups excluding carboxylic acids is 1. The lowest BCUT2D eigenvalue weighted by molar-refractivity contribution is 0.0261. The fourth-order valence-electron chi connectivity index (χ4n) is 2.23. The number of rotatable bonds is 0. The van der Waals surface area contributed by atoms with Crippen LogP contribution in [0.15, 0.2) is 0 Å². The first kappa shape index (κ1) is 19.1. The molecule has 0 bridgehead atoms. The van der Waals surface area contributed by atoms with Crippen LogP contribution < -0.4 is 0 Å². The highest BCUT2D eigenvalue weighted by molar-refractivity contribution is 5.69. The third kappa shape index (κ3) is 6.78. The van der Waals surface area contributed by atoms with Crippen LogP contribution in [0.3, 0.4) is 0 Å². The molecule has 0 aromatic carbocycles. The van der Waals surface area contributed by atoms with Gasteiger partial charge < -0.3 is 19.5 Å². The Morgan fingerprint density at radius 2 is 1.87 bits per heavy atom. The first-order valence-corrected chi connectivity index (χ1v) is 7.76. The number of terminal acetylenes is 1. The summed E-state index contributed by atoms with van der Waals surface area (Å²) in [4.78, 5) is 24.8. The molecule has 2 aliphatic rings. The molecule has 7 heteroatoms. The molecule has 0 aromatic rings. The first-order valence-electron chi connectivity index (χ1n) is 7.76. The standard InChI is InChI=1S/C11H17NO2.C5H9NO3/c1-5-9-7-6-8-12(9)10(13)14-11(2,3)4;7-5(8)6-1-3-9-4-2-6/h1,9H,6-8H2,2-4H3;1-4H2,(H,7,8). The maximum Gasteiger partial charge on any atom is 0.411 e. The molecule has 0 radical (unpaired) electrons. The minimum absolute atomic E-state index is 0.0788. The average molecular weight is 326 g/mol. The molecule has 1 N–H and O–H groups in total. The van der Waals surface area contributed by atoms with Gasteiger partial charge in [-0.3, -0.25) is 4.90 Å². The first-order chi connectivity index (χ1) is 10.7. The number of hydrogen-bond donors (Lipinski definition) is 1. The van der Waals surface area contributed by atoms with E-state index in [1.807, 2.05) is 20.8 Å². The van der Waals surface area contributed by atoms with Crippen LogP contribution in [0.2, 0.25) is 0 Å². The Morgan fingerprint density at radius 3 is 2.30 bits per heavy atom. The zero-order valence-electron chi connectivity index (χ0n) is 14.1. The molecule has 2 rings (SSSR count). The molecule has 0 aromatic heterocycles. The lowest BCUT2D eigenvalue weighted by Crippen LogP contribution is -2.39. The Hall–Kier alpha value is -1.94. The second-order valence-corrected chi connectivity index (χ2v) is 6.38. The molecule has 7 nitrogen and oxygen atoms in total. The van der Waals surface area contributed by atoms with E-state index in [-0.39, 0.29) is 12.1 Å². The van der Waals surface area contributed by atoms with Crippen molar-refractivity contribution >= 4 is 12.2 Å². The molecule has 1 unspecified atom stereocenters. The predicted octanol–water partition coefficient (Wildman–Crippen LogP) is 2.02. The molecule has 2 saturated heterocycles. The zero-order valence-corrected chi connectivity index (χ0v) is 14.1. The smallest absolute Gasteiger partial charge is 0.411 e. The van der Waals surface area contributed by atoms with Gasteiger partial charge >= 0.3 is 12.2 Å². The highest BCUT2D eigenvalue weighted by atomic mass is 16.6. The summed E-state index contributed by atoms with van der Waals surface area (Å²) >= 11 is 0. The number of nitrogens with zero attached hydrogens (tertiary/aromatic N) is 2. The zero-order chi connectivity index (χ0) is 17.5. The van der Waals surface area contributed by atoms with Crippen LogP contribution in [0.4, 0.5) is 9.59 Å². The number of hydrogen-bond acceptors (Lipinski definition) is 4. The van der Waals surface area contributed by atoms with Crippen molar-refractivity contribution in [2.24, 2.45) is 0 Å². The Labute approximate surface area is 137 Å². The van der Waals surface area contributed by atoms with Gasteiger partial charge in [-0.15, -0.1) is 6.42 Å². The van der Waals surface area contributed by atoms with Crippen molar-refractivity contribution in [2.75, 3.05) is 32.8 Å². The van der Waals surface area contributed by atoms with Crippen molar-refractivity contribution in [3.8, 4) is 12.3 Å². The second-order valence-electron chi connectivity index (χ2n) is 6.38. The van der Waals surface area contributed by atoms with Crippen molar-refractivity contribution < 1.29 is 24.2 Å². The Balaban J connectivity index is 0.000000253. The molecule has 2 aliphatic heterocycles. The average Bonchev–Trinajstić information content (AvgIpc) is 2.95. The van der Waals surface area contributed by atoms with Crippen LogP contribution in [-0.2, 0) is 9.47 Å². The molecule has 0 aliphatic carbocycles. The fraction of sp³-hybridized carbons (Fsp3) is 0.750. The molecule has 1 atom stereocenters. The van der Waals surface area contributed by atoms with Gasteiger partial charge in [0.05, 0.1) is 19.3 Å². The minimum Gasteiger partial charge on any atom is -0.465 e. The summed E-state index contributed by atoms with van der Waals surface area (Å²) in [7, 11) is 0. The van der Waals surface area contributed by atoms with E-state index in [0.717, 1.165) is 12.8 Å². The van der Waals surface area contributed by atoms with Crippen LogP contribution in [0.25, 0.3) is 0 Å². The third-order valence-electron chi connectivity index (χ3n) is 3.35. The quantitative estimate of drug-likeness (QED) is 0.689. The largest absolute Gasteiger partial charge is 0.465 e. The van der Waals surface area contributed by atoms with Crippen molar-refractivity contribution in [3.63, 3.8) is 0 Å². The lowest BCUT2D eigenvalue weighted by Gasteiger charge is -2.26. The van der Waals surface area contributed by atoms with Gasteiger partial charge in [0, 0.05) is 19.6 Å². The highest BCUT2D eigenvalue weighted by Gasteiger charge is 2.30. The Bertz CT molecular complexity index is 446. The summed E-state index contributed by atoms with van der Waals surface area (Å²) in [6, 6.07) is -0.0788. The summed E-state index contributed by atoms with van der Waals surface area (Å²) in [6.45, 7) is 8.36. The van der Waals surface area contributed by atoms with Gasteiger partial charge in [0.2, 0.25) is 0 Å². The van der Waals surface area contributed by atoms with Gasteiger partial charge in [-0.25, -0.2) is 9.59 Å². The van der Waals surface area contributed by atoms with E-state index < -0.39 is 11.7 Å². The topological polar surface area (TPSA) is 79.3 Å². The van der Waals surface area contributed by atoms with Crippen LogP contribution >= 0.6 is 0 Å². The van der Waals surface area contributed by atoms with Crippen LogP contribution in [0.1, 0.15) is 33.6 Å².